The lowest BCUT2D eigenvalue weighted by molar-refractivity contribution is 0.426. The van der Waals surface area contributed by atoms with Crippen molar-refractivity contribution >= 4 is 0 Å². The van der Waals surface area contributed by atoms with Gasteiger partial charge in [0, 0.05) is 0 Å². The van der Waals surface area contributed by atoms with Gasteiger partial charge in [-0.3, -0.25) is 0 Å². The summed E-state index contributed by atoms with van der Waals surface area (Å²) in [6.45, 7) is 8.89. The molecule has 0 radical (unpaired) electrons. The van der Waals surface area contributed by atoms with E-state index in [1.807, 2.05) is 6.08 Å². The Balaban J connectivity index is 3.45. The normalized spacial score (nSPS) is 11.4. The lowest BCUT2D eigenvalue weighted by Crippen LogP contribution is -2.09. The van der Waals surface area contributed by atoms with Crippen LogP contribution in [0.15, 0.2) is 12.7 Å². The second kappa shape index (κ2) is 3.67. The Labute approximate surface area is 57.9 Å². The van der Waals surface area contributed by atoms with Crippen LogP contribution in [0.2, 0.25) is 0 Å². The number of allylic oxidation sites excluding steroid dienone is 1. The molecule has 2 N–H and O–H groups in total. The molecule has 0 rings (SSSR count). The van der Waals surface area contributed by atoms with Crippen molar-refractivity contribution in [1.82, 2.24) is 0 Å². The Morgan fingerprint density at radius 1 is 1.56 bits per heavy atom. The molecule has 0 aromatic heterocycles. The molecule has 0 heterocycles. The van der Waals surface area contributed by atoms with Crippen molar-refractivity contribution in [2.45, 2.75) is 26.7 Å². The van der Waals surface area contributed by atoms with Gasteiger partial charge in [0.15, 0.2) is 0 Å². The summed E-state index contributed by atoms with van der Waals surface area (Å²) in [6, 6.07) is 0. The smallest absolute Gasteiger partial charge is 0.00770 e. The van der Waals surface area contributed by atoms with Crippen LogP contribution in [0.3, 0.4) is 0 Å². The van der Waals surface area contributed by atoms with Crippen LogP contribution in [0.5, 0.6) is 0 Å². The Morgan fingerprint density at radius 3 is 2.44 bits per heavy atom. The minimum Gasteiger partial charge on any atom is -0.330 e. The van der Waals surface area contributed by atoms with Crippen LogP contribution >= 0.6 is 0 Å². The fourth-order valence-corrected chi connectivity index (χ4v) is 0.660. The van der Waals surface area contributed by atoms with E-state index in [0.717, 1.165) is 19.4 Å². The standard InChI is InChI=1S/C8H17N/c1-4-8(2,3)6-5-7-9/h4H,1,5-7,9H2,2-3H3. The maximum Gasteiger partial charge on any atom is -0.00770 e. The van der Waals surface area contributed by atoms with E-state index >= 15 is 0 Å². The minimum absolute atomic E-state index is 0.277. The summed E-state index contributed by atoms with van der Waals surface area (Å²) in [4.78, 5) is 0. The van der Waals surface area contributed by atoms with Gasteiger partial charge in [0.25, 0.3) is 0 Å². The second-order valence-corrected chi connectivity index (χ2v) is 3.08. The Kier molecular flexibility index (Phi) is 3.55. The Hall–Kier alpha value is -0.300. The molecule has 0 unspecified atom stereocenters. The first-order valence-corrected chi connectivity index (χ1v) is 3.46. The molecule has 0 aliphatic carbocycles. The van der Waals surface area contributed by atoms with E-state index < -0.39 is 0 Å². The van der Waals surface area contributed by atoms with Crippen molar-refractivity contribution in [3.8, 4) is 0 Å². The predicted octanol–water partition coefficient (Wildman–Crippen LogP) is 1.94. The predicted molar refractivity (Wildman–Crippen MR) is 42.3 cm³/mol. The van der Waals surface area contributed by atoms with Gasteiger partial charge in [-0.05, 0) is 24.8 Å². The van der Waals surface area contributed by atoms with Gasteiger partial charge in [-0.1, -0.05) is 19.9 Å². The highest BCUT2D eigenvalue weighted by Crippen LogP contribution is 2.22. The summed E-state index contributed by atoms with van der Waals surface area (Å²) < 4.78 is 0. The topological polar surface area (TPSA) is 26.0 Å². The Morgan fingerprint density at radius 2 is 2.11 bits per heavy atom. The monoisotopic (exact) mass is 127 g/mol. The summed E-state index contributed by atoms with van der Waals surface area (Å²) >= 11 is 0. The molecular formula is C8H17N. The SMILES string of the molecule is C=CC(C)(C)CCCN. The highest BCUT2D eigenvalue weighted by Gasteiger charge is 2.10. The van der Waals surface area contributed by atoms with E-state index in [1.54, 1.807) is 0 Å². The molecule has 0 saturated heterocycles. The number of nitrogens with two attached hydrogens (primary N) is 1. The van der Waals surface area contributed by atoms with Crippen molar-refractivity contribution in [2.75, 3.05) is 6.54 Å². The quantitative estimate of drug-likeness (QED) is 0.574. The zero-order chi connectivity index (χ0) is 7.33. The van der Waals surface area contributed by atoms with Crippen molar-refractivity contribution in [3.63, 3.8) is 0 Å². The molecule has 0 atom stereocenters. The average Bonchev–Trinajstić information content (AvgIpc) is 1.84. The van der Waals surface area contributed by atoms with Crippen LogP contribution in [0, 0.1) is 5.41 Å². The molecule has 9 heavy (non-hydrogen) atoms. The van der Waals surface area contributed by atoms with E-state index in [4.69, 9.17) is 5.73 Å². The van der Waals surface area contributed by atoms with Crippen molar-refractivity contribution in [1.29, 1.82) is 0 Å². The van der Waals surface area contributed by atoms with Gasteiger partial charge < -0.3 is 5.73 Å². The van der Waals surface area contributed by atoms with Crippen molar-refractivity contribution in [2.24, 2.45) is 11.1 Å². The maximum absolute atomic E-state index is 5.36. The van der Waals surface area contributed by atoms with E-state index in [9.17, 15) is 0 Å². The number of rotatable bonds is 4. The van der Waals surface area contributed by atoms with Crippen LogP contribution in [-0.2, 0) is 0 Å². The van der Waals surface area contributed by atoms with E-state index in [-0.39, 0.29) is 5.41 Å². The van der Waals surface area contributed by atoms with Gasteiger partial charge in [0.2, 0.25) is 0 Å². The highest BCUT2D eigenvalue weighted by atomic mass is 14.5. The molecule has 1 heteroatoms. The van der Waals surface area contributed by atoms with Gasteiger partial charge in [0.1, 0.15) is 0 Å². The lowest BCUT2D eigenvalue weighted by atomic mass is 9.88. The van der Waals surface area contributed by atoms with Gasteiger partial charge >= 0.3 is 0 Å². The van der Waals surface area contributed by atoms with Gasteiger partial charge in [0.05, 0.1) is 0 Å². The number of hydrogen-bond donors (Lipinski definition) is 1. The first-order valence-electron chi connectivity index (χ1n) is 3.46. The largest absolute Gasteiger partial charge is 0.330 e. The molecular weight excluding hydrogens is 110 g/mol. The lowest BCUT2D eigenvalue weighted by Gasteiger charge is -2.18. The molecule has 0 saturated carbocycles. The first-order chi connectivity index (χ1) is 4.12. The second-order valence-electron chi connectivity index (χ2n) is 3.08. The van der Waals surface area contributed by atoms with Crippen molar-refractivity contribution in [3.05, 3.63) is 12.7 Å². The first kappa shape index (κ1) is 8.70. The summed E-state index contributed by atoms with van der Waals surface area (Å²) in [5, 5.41) is 0. The molecule has 0 spiro atoms. The fraction of sp³-hybridized carbons (Fsp3) is 0.750. The third-order valence-electron chi connectivity index (χ3n) is 1.58. The summed E-state index contributed by atoms with van der Waals surface area (Å²) in [5.74, 6) is 0. The average molecular weight is 127 g/mol. The van der Waals surface area contributed by atoms with Crippen LogP contribution in [0.4, 0.5) is 0 Å². The summed E-state index contributed by atoms with van der Waals surface area (Å²) in [5.41, 5.74) is 5.63. The van der Waals surface area contributed by atoms with Crippen LogP contribution < -0.4 is 5.73 Å². The molecule has 0 fully saturated rings. The zero-order valence-electron chi connectivity index (χ0n) is 6.48. The molecule has 0 aliphatic rings. The molecule has 0 aromatic carbocycles. The molecule has 0 aromatic rings. The van der Waals surface area contributed by atoms with E-state index in [1.165, 1.54) is 0 Å². The van der Waals surface area contributed by atoms with E-state index in [2.05, 4.69) is 20.4 Å². The van der Waals surface area contributed by atoms with Crippen LogP contribution in [-0.4, -0.2) is 6.54 Å². The molecule has 1 nitrogen and oxygen atoms in total. The summed E-state index contributed by atoms with van der Waals surface area (Å²) in [6.07, 6.45) is 4.23. The highest BCUT2D eigenvalue weighted by molar-refractivity contribution is 4.86. The molecule has 0 aliphatic heterocycles. The Bertz CT molecular complexity index is 84.6. The molecule has 0 bridgehead atoms. The van der Waals surface area contributed by atoms with Crippen LogP contribution in [0.1, 0.15) is 26.7 Å². The molecule has 0 amide bonds. The third-order valence-corrected chi connectivity index (χ3v) is 1.58. The van der Waals surface area contributed by atoms with Gasteiger partial charge in [-0.15, -0.1) is 6.58 Å². The van der Waals surface area contributed by atoms with Gasteiger partial charge in [-0.2, -0.15) is 0 Å². The fourth-order valence-electron chi connectivity index (χ4n) is 0.660. The molecule has 54 valence electrons. The zero-order valence-corrected chi connectivity index (χ0v) is 6.48. The van der Waals surface area contributed by atoms with E-state index in [0.29, 0.717) is 0 Å². The van der Waals surface area contributed by atoms with Crippen LogP contribution in [0.25, 0.3) is 0 Å². The third kappa shape index (κ3) is 4.22. The van der Waals surface area contributed by atoms with Crippen molar-refractivity contribution < 1.29 is 0 Å². The summed E-state index contributed by atoms with van der Waals surface area (Å²) in [7, 11) is 0. The number of hydrogen-bond acceptors (Lipinski definition) is 1. The van der Waals surface area contributed by atoms with Gasteiger partial charge in [-0.25, -0.2) is 0 Å². The minimum atomic E-state index is 0.277. The maximum atomic E-state index is 5.36.